The number of hydrogen-bond acceptors (Lipinski definition) is 4. The number of nitrogens with two attached hydrogens (primary N) is 1. The number of pyridine rings is 1. The van der Waals surface area contributed by atoms with Crippen LogP contribution in [0.4, 0.5) is 27.3 Å². The molecule has 6 heteroatoms. The molecule has 0 spiro atoms. The summed E-state index contributed by atoms with van der Waals surface area (Å²) in [6.45, 7) is 0. The first-order valence-electron chi connectivity index (χ1n) is 6.71. The number of carbonyl (C=O) groups excluding carboxylic acids is 1. The van der Waals surface area contributed by atoms with E-state index in [1.807, 2.05) is 0 Å². The van der Waals surface area contributed by atoms with Gasteiger partial charge in [0.05, 0.1) is 5.69 Å². The van der Waals surface area contributed by atoms with Crippen LogP contribution in [0.1, 0.15) is 12.8 Å². The van der Waals surface area contributed by atoms with Gasteiger partial charge in [0.25, 0.3) is 0 Å². The monoisotopic (exact) mass is 286 g/mol. The minimum absolute atomic E-state index is 0.00169. The van der Waals surface area contributed by atoms with Crippen LogP contribution in [-0.4, -0.2) is 10.9 Å². The molecule has 3 rings (SSSR count). The highest BCUT2D eigenvalue weighted by Gasteiger charge is 2.29. The Morgan fingerprint density at radius 1 is 1.24 bits per heavy atom. The van der Waals surface area contributed by atoms with E-state index in [9.17, 15) is 9.18 Å². The Hall–Kier alpha value is -2.63. The third-order valence-corrected chi connectivity index (χ3v) is 3.25. The van der Waals surface area contributed by atoms with Crippen molar-refractivity contribution in [2.45, 2.75) is 12.8 Å². The Morgan fingerprint density at radius 2 is 2.00 bits per heavy atom. The van der Waals surface area contributed by atoms with E-state index in [-0.39, 0.29) is 17.5 Å². The molecule has 0 unspecified atom stereocenters. The van der Waals surface area contributed by atoms with Crippen LogP contribution in [0, 0.1) is 11.7 Å². The highest BCUT2D eigenvalue weighted by atomic mass is 19.1. The number of rotatable bonds is 4. The molecule has 1 aliphatic rings. The molecule has 1 amide bonds. The number of nitrogens with one attached hydrogen (secondary N) is 2. The number of anilines is 4. The Balaban J connectivity index is 1.72. The highest BCUT2D eigenvalue weighted by Crippen LogP contribution is 2.30. The van der Waals surface area contributed by atoms with Crippen LogP contribution in [0.15, 0.2) is 36.5 Å². The van der Waals surface area contributed by atoms with Crippen molar-refractivity contribution < 1.29 is 9.18 Å². The van der Waals surface area contributed by atoms with E-state index in [0.717, 1.165) is 12.8 Å². The van der Waals surface area contributed by atoms with Crippen molar-refractivity contribution in [2.24, 2.45) is 5.92 Å². The first kappa shape index (κ1) is 13.4. The van der Waals surface area contributed by atoms with Gasteiger partial charge in [0.15, 0.2) is 0 Å². The molecule has 2 aromatic rings. The fourth-order valence-electron chi connectivity index (χ4n) is 1.92. The summed E-state index contributed by atoms with van der Waals surface area (Å²) in [4.78, 5) is 15.8. The van der Waals surface area contributed by atoms with E-state index in [2.05, 4.69) is 15.6 Å². The van der Waals surface area contributed by atoms with E-state index in [0.29, 0.717) is 17.2 Å². The summed E-state index contributed by atoms with van der Waals surface area (Å²) in [6, 6.07) is 7.93. The topological polar surface area (TPSA) is 80.0 Å². The van der Waals surface area contributed by atoms with E-state index >= 15 is 0 Å². The summed E-state index contributed by atoms with van der Waals surface area (Å²) in [5.74, 6) is 0.122. The summed E-state index contributed by atoms with van der Waals surface area (Å²) in [5.41, 5.74) is 6.82. The molecule has 0 radical (unpaired) electrons. The zero-order valence-corrected chi connectivity index (χ0v) is 11.3. The number of aromatic nitrogens is 1. The SMILES string of the molecule is Nc1ccc(Nc2ccnc(NC(=O)C3CC3)c2)cc1F. The smallest absolute Gasteiger partial charge is 0.228 e. The van der Waals surface area contributed by atoms with Gasteiger partial charge in [-0.15, -0.1) is 0 Å². The zero-order chi connectivity index (χ0) is 14.8. The van der Waals surface area contributed by atoms with Gasteiger partial charge in [0.1, 0.15) is 11.6 Å². The van der Waals surface area contributed by atoms with Crippen LogP contribution in [0.3, 0.4) is 0 Å². The highest BCUT2D eigenvalue weighted by molar-refractivity contribution is 5.93. The van der Waals surface area contributed by atoms with Gasteiger partial charge in [0.2, 0.25) is 5.91 Å². The van der Waals surface area contributed by atoms with Gasteiger partial charge in [-0.3, -0.25) is 4.79 Å². The second kappa shape index (κ2) is 5.40. The van der Waals surface area contributed by atoms with Gasteiger partial charge in [0, 0.05) is 29.6 Å². The maximum Gasteiger partial charge on any atom is 0.228 e. The first-order valence-corrected chi connectivity index (χ1v) is 6.71. The molecule has 1 aromatic carbocycles. The van der Waals surface area contributed by atoms with E-state index < -0.39 is 5.82 Å². The third kappa shape index (κ3) is 3.28. The minimum Gasteiger partial charge on any atom is -0.396 e. The van der Waals surface area contributed by atoms with E-state index in [4.69, 9.17) is 5.73 Å². The van der Waals surface area contributed by atoms with Crippen molar-refractivity contribution in [3.63, 3.8) is 0 Å². The molecule has 1 saturated carbocycles. The second-order valence-corrected chi connectivity index (χ2v) is 5.05. The van der Waals surface area contributed by atoms with Gasteiger partial charge in [-0.1, -0.05) is 0 Å². The van der Waals surface area contributed by atoms with Crippen molar-refractivity contribution in [2.75, 3.05) is 16.4 Å². The number of benzene rings is 1. The molecule has 1 aliphatic carbocycles. The van der Waals surface area contributed by atoms with Gasteiger partial charge in [-0.25, -0.2) is 9.37 Å². The molecule has 0 bridgehead atoms. The lowest BCUT2D eigenvalue weighted by molar-refractivity contribution is -0.117. The van der Waals surface area contributed by atoms with Gasteiger partial charge in [-0.2, -0.15) is 0 Å². The van der Waals surface area contributed by atoms with E-state index in [1.54, 1.807) is 24.4 Å². The molecule has 1 heterocycles. The fourth-order valence-corrected chi connectivity index (χ4v) is 1.92. The number of hydrogen-bond donors (Lipinski definition) is 3. The Labute approximate surface area is 121 Å². The lowest BCUT2D eigenvalue weighted by Crippen LogP contribution is -2.14. The number of nitrogen functional groups attached to an aromatic ring is 1. The molecule has 108 valence electrons. The standard InChI is InChI=1S/C15H15FN4O/c16-12-7-10(3-4-13(12)17)19-11-5-6-18-14(8-11)20-15(21)9-1-2-9/h3-9H,1-2,17H2,(H2,18,19,20,21). The van der Waals surface area contributed by atoms with Crippen LogP contribution in [0.2, 0.25) is 0 Å². The van der Waals surface area contributed by atoms with Crippen LogP contribution < -0.4 is 16.4 Å². The molecule has 21 heavy (non-hydrogen) atoms. The maximum absolute atomic E-state index is 13.4. The molecule has 4 N–H and O–H groups in total. The number of halogens is 1. The normalized spacial score (nSPS) is 13.8. The van der Waals surface area contributed by atoms with Crippen LogP contribution in [0.25, 0.3) is 0 Å². The van der Waals surface area contributed by atoms with Crippen molar-refractivity contribution >= 4 is 28.8 Å². The third-order valence-electron chi connectivity index (χ3n) is 3.25. The average molecular weight is 286 g/mol. The molecular weight excluding hydrogens is 271 g/mol. The molecule has 1 fully saturated rings. The maximum atomic E-state index is 13.4. The van der Waals surface area contributed by atoms with E-state index in [1.165, 1.54) is 12.1 Å². The summed E-state index contributed by atoms with van der Waals surface area (Å²) in [5, 5.41) is 5.81. The number of nitrogens with zero attached hydrogens (tertiary/aromatic N) is 1. The largest absolute Gasteiger partial charge is 0.396 e. The summed E-state index contributed by atoms with van der Waals surface area (Å²) in [7, 11) is 0. The quantitative estimate of drug-likeness (QED) is 0.755. The van der Waals surface area contributed by atoms with Gasteiger partial charge in [-0.05, 0) is 37.1 Å². The molecule has 5 nitrogen and oxygen atoms in total. The van der Waals surface area contributed by atoms with Crippen molar-refractivity contribution in [3.05, 3.63) is 42.3 Å². The predicted molar refractivity (Wildman–Crippen MR) is 79.7 cm³/mol. The van der Waals surface area contributed by atoms with Crippen LogP contribution >= 0.6 is 0 Å². The second-order valence-electron chi connectivity index (χ2n) is 5.05. The van der Waals surface area contributed by atoms with Crippen molar-refractivity contribution in [3.8, 4) is 0 Å². The summed E-state index contributed by atoms with van der Waals surface area (Å²) in [6.07, 6.45) is 3.46. The summed E-state index contributed by atoms with van der Waals surface area (Å²) >= 11 is 0. The van der Waals surface area contributed by atoms with Gasteiger partial charge >= 0.3 is 0 Å². The first-order chi connectivity index (χ1) is 10.1. The van der Waals surface area contributed by atoms with Crippen molar-refractivity contribution in [1.82, 2.24) is 4.98 Å². The van der Waals surface area contributed by atoms with Crippen LogP contribution in [-0.2, 0) is 4.79 Å². The average Bonchev–Trinajstić information content (AvgIpc) is 3.28. The number of carbonyl (C=O) groups is 1. The predicted octanol–water partition coefficient (Wildman–Crippen LogP) is 2.90. The fraction of sp³-hybridized carbons (Fsp3) is 0.200. The molecular formula is C15H15FN4O. The Kier molecular flexibility index (Phi) is 3.43. The van der Waals surface area contributed by atoms with Crippen LogP contribution in [0.5, 0.6) is 0 Å². The Morgan fingerprint density at radius 3 is 2.71 bits per heavy atom. The van der Waals surface area contributed by atoms with Crippen molar-refractivity contribution in [1.29, 1.82) is 0 Å². The lowest BCUT2D eigenvalue weighted by atomic mass is 10.2. The zero-order valence-electron chi connectivity index (χ0n) is 11.3. The molecule has 1 aromatic heterocycles. The molecule has 0 aliphatic heterocycles. The lowest BCUT2D eigenvalue weighted by Gasteiger charge is -2.09. The minimum atomic E-state index is -0.476. The number of amides is 1. The molecule has 0 atom stereocenters. The summed E-state index contributed by atoms with van der Waals surface area (Å²) < 4.78 is 13.4. The Bertz CT molecular complexity index is 685. The molecule has 0 saturated heterocycles. The van der Waals surface area contributed by atoms with Gasteiger partial charge < -0.3 is 16.4 Å².